The minimum absolute atomic E-state index is 0.0114. The normalized spacial score (nSPS) is 14.2. The fourth-order valence-electron chi connectivity index (χ4n) is 2.57. The van der Waals surface area contributed by atoms with E-state index in [0.29, 0.717) is 11.4 Å². The molecule has 0 unspecified atom stereocenters. The summed E-state index contributed by atoms with van der Waals surface area (Å²) in [6, 6.07) is 9.55. The maximum Gasteiger partial charge on any atom is 0.261 e. The van der Waals surface area contributed by atoms with Gasteiger partial charge < -0.3 is 10.6 Å². The van der Waals surface area contributed by atoms with Gasteiger partial charge in [-0.25, -0.2) is 8.42 Å². The predicted octanol–water partition coefficient (Wildman–Crippen LogP) is 2.38. The van der Waals surface area contributed by atoms with Crippen LogP contribution in [0.2, 0.25) is 0 Å². The zero-order valence-electron chi connectivity index (χ0n) is 13.7. The van der Waals surface area contributed by atoms with Gasteiger partial charge >= 0.3 is 0 Å². The molecule has 0 spiro atoms. The van der Waals surface area contributed by atoms with Crippen molar-refractivity contribution >= 4 is 38.9 Å². The Labute approximate surface area is 145 Å². The summed E-state index contributed by atoms with van der Waals surface area (Å²) in [5, 5.41) is 5.09. The van der Waals surface area contributed by atoms with Gasteiger partial charge in [0.1, 0.15) is 6.42 Å². The van der Waals surface area contributed by atoms with Gasteiger partial charge in [-0.1, -0.05) is 17.7 Å². The first-order valence-electron chi connectivity index (χ1n) is 7.58. The SMILES string of the molecule is Cc1ccc(NS(=O)(=O)c2ccc3c(c2)NC(=O)CC(=O)N3)c(C)c1. The first-order chi connectivity index (χ1) is 11.7. The number of benzene rings is 2. The number of rotatable bonds is 3. The van der Waals surface area contributed by atoms with Crippen LogP contribution in [0.5, 0.6) is 0 Å². The number of nitrogens with one attached hydrogen (secondary N) is 3. The second kappa shape index (κ2) is 6.21. The number of sulfonamides is 1. The van der Waals surface area contributed by atoms with E-state index in [4.69, 9.17) is 0 Å². The Morgan fingerprint density at radius 3 is 2.28 bits per heavy atom. The molecule has 0 radical (unpaired) electrons. The number of anilines is 3. The van der Waals surface area contributed by atoms with Gasteiger partial charge in [0, 0.05) is 0 Å². The predicted molar refractivity (Wildman–Crippen MR) is 95.0 cm³/mol. The summed E-state index contributed by atoms with van der Waals surface area (Å²) in [6.07, 6.45) is -0.308. The molecule has 8 heteroatoms. The van der Waals surface area contributed by atoms with Gasteiger partial charge in [0.05, 0.1) is 22.0 Å². The summed E-state index contributed by atoms with van der Waals surface area (Å²) in [4.78, 5) is 23.2. The third-order valence-electron chi connectivity index (χ3n) is 3.80. The van der Waals surface area contributed by atoms with Crippen molar-refractivity contribution in [1.82, 2.24) is 0 Å². The van der Waals surface area contributed by atoms with Crippen molar-refractivity contribution in [1.29, 1.82) is 0 Å². The van der Waals surface area contributed by atoms with Crippen LogP contribution >= 0.6 is 0 Å². The molecule has 3 N–H and O–H groups in total. The highest BCUT2D eigenvalue weighted by Gasteiger charge is 2.22. The van der Waals surface area contributed by atoms with Gasteiger partial charge in [0.15, 0.2) is 0 Å². The zero-order chi connectivity index (χ0) is 18.2. The van der Waals surface area contributed by atoms with Crippen LogP contribution in [-0.2, 0) is 19.6 Å². The molecule has 2 aromatic rings. The number of amides is 2. The van der Waals surface area contributed by atoms with Crippen LogP contribution in [-0.4, -0.2) is 20.2 Å². The summed E-state index contributed by atoms with van der Waals surface area (Å²) < 4.78 is 27.8. The number of carbonyl (C=O) groups is 2. The highest BCUT2D eigenvalue weighted by atomic mass is 32.2. The van der Waals surface area contributed by atoms with Crippen molar-refractivity contribution in [3.8, 4) is 0 Å². The van der Waals surface area contributed by atoms with Crippen molar-refractivity contribution in [2.45, 2.75) is 25.2 Å². The Morgan fingerprint density at radius 1 is 0.920 bits per heavy atom. The average Bonchev–Trinajstić information content (AvgIpc) is 2.65. The second-order valence-electron chi connectivity index (χ2n) is 5.90. The number of hydrogen-bond acceptors (Lipinski definition) is 4. The highest BCUT2D eigenvalue weighted by molar-refractivity contribution is 7.92. The standard InChI is InChI=1S/C17H17N3O4S/c1-10-3-5-13(11(2)7-10)20-25(23,24)12-4-6-14-15(8-12)19-17(22)9-16(21)18-14/h3-8,20H,9H2,1-2H3,(H,18,21)(H,19,22). The van der Waals surface area contributed by atoms with Crippen LogP contribution in [0.1, 0.15) is 17.5 Å². The molecule has 0 fully saturated rings. The Kier molecular flexibility index (Phi) is 4.22. The maximum absolute atomic E-state index is 12.6. The number of fused-ring (bicyclic) bond motifs is 1. The van der Waals surface area contributed by atoms with E-state index in [1.807, 2.05) is 26.0 Å². The molecule has 0 saturated heterocycles. The molecule has 1 aliphatic rings. The number of carbonyl (C=O) groups excluding carboxylic acids is 2. The molecular weight excluding hydrogens is 342 g/mol. The summed E-state index contributed by atoms with van der Waals surface area (Å²) in [6.45, 7) is 3.74. The van der Waals surface area contributed by atoms with Crippen molar-refractivity contribution in [2.24, 2.45) is 0 Å². The van der Waals surface area contributed by atoms with E-state index >= 15 is 0 Å². The van der Waals surface area contributed by atoms with E-state index in [2.05, 4.69) is 15.4 Å². The Balaban J connectivity index is 1.95. The minimum Gasteiger partial charge on any atom is -0.324 e. The van der Waals surface area contributed by atoms with E-state index in [9.17, 15) is 18.0 Å². The van der Waals surface area contributed by atoms with Gasteiger partial charge in [-0.2, -0.15) is 0 Å². The minimum atomic E-state index is -3.84. The lowest BCUT2D eigenvalue weighted by molar-refractivity contribution is -0.123. The molecule has 0 bridgehead atoms. The quantitative estimate of drug-likeness (QED) is 0.732. The van der Waals surface area contributed by atoms with Gasteiger partial charge in [-0.3, -0.25) is 14.3 Å². The molecule has 0 aliphatic carbocycles. The zero-order valence-corrected chi connectivity index (χ0v) is 14.5. The molecule has 2 amide bonds. The monoisotopic (exact) mass is 359 g/mol. The van der Waals surface area contributed by atoms with E-state index < -0.39 is 21.8 Å². The Morgan fingerprint density at radius 2 is 1.60 bits per heavy atom. The van der Waals surface area contributed by atoms with E-state index in [1.54, 1.807) is 6.07 Å². The second-order valence-corrected chi connectivity index (χ2v) is 7.59. The Bertz CT molecular complexity index is 983. The summed E-state index contributed by atoms with van der Waals surface area (Å²) in [7, 11) is -3.84. The molecule has 25 heavy (non-hydrogen) atoms. The lowest BCUT2D eigenvalue weighted by Crippen LogP contribution is -2.16. The molecule has 1 aliphatic heterocycles. The lowest BCUT2D eigenvalue weighted by atomic mass is 10.1. The molecule has 0 atom stereocenters. The number of aryl methyl sites for hydroxylation is 2. The van der Waals surface area contributed by atoms with Crippen LogP contribution in [0.4, 0.5) is 17.1 Å². The molecular formula is C17H17N3O4S. The molecule has 0 aromatic heterocycles. The fraction of sp³-hybridized carbons (Fsp3) is 0.176. The Hall–Kier alpha value is -2.87. The lowest BCUT2D eigenvalue weighted by Gasteiger charge is -2.13. The van der Waals surface area contributed by atoms with E-state index in [1.165, 1.54) is 18.2 Å². The summed E-state index contributed by atoms with van der Waals surface area (Å²) in [5.74, 6) is -0.937. The maximum atomic E-state index is 12.6. The van der Waals surface area contributed by atoms with E-state index in [0.717, 1.165) is 11.1 Å². The van der Waals surface area contributed by atoms with Gasteiger partial charge in [-0.05, 0) is 43.7 Å². The van der Waals surface area contributed by atoms with Gasteiger partial charge in [-0.15, -0.1) is 0 Å². The van der Waals surface area contributed by atoms with Crippen molar-refractivity contribution in [3.63, 3.8) is 0 Å². The highest BCUT2D eigenvalue weighted by Crippen LogP contribution is 2.29. The molecule has 0 saturated carbocycles. The molecule has 2 aromatic carbocycles. The molecule has 3 rings (SSSR count). The first-order valence-corrected chi connectivity index (χ1v) is 9.07. The van der Waals surface area contributed by atoms with E-state index in [-0.39, 0.29) is 17.0 Å². The van der Waals surface area contributed by atoms with Crippen molar-refractivity contribution in [3.05, 3.63) is 47.5 Å². The van der Waals surface area contributed by atoms with Crippen LogP contribution in [0, 0.1) is 13.8 Å². The third kappa shape index (κ3) is 3.63. The summed E-state index contributed by atoms with van der Waals surface area (Å²) >= 11 is 0. The van der Waals surface area contributed by atoms with Crippen molar-refractivity contribution in [2.75, 3.05) is 15.4 Å². The van der Waals surface area contributed by atoms with Crippen LogP contribution in [0.25, 0.3) is 0 Å². The smallest absolute Gasteiger partial charge is 0.261 e. The summed E-state index contributed by atoms with van der Waals surface area (Å²) in [5.41, 5.74) is 2.93. The molecule has 7 nitrogen and oxygen atoms in total. The van der Waals surface area contributed by atoms with Crippen LogP contribution in [0.3, 0.4) is 0 Å². The fourth-order valence-corrected chi connectivity index (χ4v) is 3.73. The largest absolute Gasteiger partial charge is 0.324 e. The van der Waals surface area contributed by atoms with Crippen LogP contribution < -0.4 is 15.4 Å². The molecule has 130 valence electrons. The van der Waals surface area contributed by atoms with Gasteiger partial charge in [0.25, 0.3) is 10.0 Å². The molecule has 1 heterocycles. The first kappa shape index (κ1) is 17.0. The average molecular weight is 359 g/mol. The topological polar surface area (TPSA) is 104 Å². The number of hydrogen-bond donors (Lipinski definition) is 3. The third-order valence-corrected chi connectivity index (χ3v) is 5.16. The van der Waals surface area contributed by atoms with Gasteiger partial charge in [0.2, 0.25) is 11.8 Å². The van der Waals surface area contributed by atoms with Crippen LogP contribution in [0.15, 0.2) is 41.3 Å². The van der Waals surface area contributed by atoms with Crippen molar-refractivity contribution < 1.29 is 18.0 Å².